The zero-order valence-electron chi connectivity index (χ0n) is 13.7. The molecule has 1 atom stereocenters. The van der Waals surface area contributed by atoms with E-state index in [2.05, 4.69) is 5.10 Å². The van der Waals surface area contributed by atoms with Crippen LogP contribution in [0.15, 0.2) is 52.2 Å². The highest BCUT2D eigenvalue weighted by Gasteiger charge is 2.60. The van der Waals surface area contributed by atoms with Crippen LogP contribution >= 0.6 is 0 Å². The van der Waals surface area contributed by atoms with E-state index >= 15 is 0 Å². The number of amides is 3. The SMILES string of the molecule is CC(=O)N1C(=O)[C@@]2(CC(c3ccco3)=NN2C(C)=O)c2ccccc21. The largest absolute Gasteiger partial charge is 0.463 e. The van der Waals surface area contributed by atoms with Gasteiger partial charge in [0.15, 0.2) is 5.54 Å². The van der Waals surface area contributed by atoms with E-state index in [-0.39, 0.29) is 12.3 Å². The molecule has 0 saturated heterocycles. The van der Waals surface area contributed by atoms with Crippen LogP contribution in [0.4, 0.5) is 5.69 Å². The average molecular weight is 337 g/mol. The maximum Gasteiger partial charge on any atom is 0.266 e. The van der Waals surface area contributed by atoms with Gasteiger partial charge in [-0.15, -0.1) is 0 Å². The first kappa shape index (κ1) is 15.3. The van der Waals surface area contributed by atoms with Gasteiger partial charge in [-0.05, 0) is 18.2 Å². The number of carbonyl (C=O) groups is 3. The molecular formula is C18H15N3O4. The molecule has 7 heteroatoms. The molecule has 0 fully saturated rings. The highest BCUT2D eigenvalue weighted by Crippen LogP contribution is 2.49. The second-order valence-electron chi connectivity index (χ2n) is 6.07. The van der Waals surface area contributed by atoms with E-state index in [1.807, 2.05) is 0 Å². The summed E-state index contributed by atoms with van der Waals surface area (Å²) >= 11 is 0. The number of rotatable bonds is 1. The topological polar surface area (TPSA) is 83.2 Å². The van der Waals surface area contributed by atoms with Gasteiger partial charge in [0.25, 0.3) is 5.91 Å². The van der Waals surface area contributed by atoms with Gasteiger partial charge in [0.05, 0.1) is 12.0 Å². The number of fused-ring (bicyclic) bond motifs is 2. The molecule has 4 rings (SSSR count). The van der Waals surface area contributed by atoms with Gasteiger partial charge in [-0.1, -0.05) is 18.2 Å². The number of hydrogen-bond donors (Lipinski definition) is 0. The van der Waals surface area contributed by atoms with Crippen molar-refractivity contribution in [2.24, 2.45) is 5.10 Å². The third-order valence-corrected chi connectivity index (χ3v) is 4.57. The Morgan fingerprint density at radius 3 is 2.52 bits per heavy atom. The quantitative estimate of drug-likeness (QED) is 0.797. The van der Waals surface area contributed by atoms with Crippen LogP contribution in [0.1, 0.15) is 31.6 Å². The Morgan fingerprint density at radius 2 is 1.88 bits per heavy atom. The molecule has 1 aromatic heterocycles. The van der Waals surface area contributed by atoms with Crippen LogP contribution in [0.2, 0.25) is 0 Å². The summed E-state index contributed by atoms with van der Waals surface area (Å²) < 4.78 is 5.39. The zero-order chi connectivity index (χ0) is 17.8. The van der Waals surface area contributed by atoms with Gasteiger partial charge in [0.2, 0.25) is 11.8 Å². The van der Waals surface area contributed by atoms with Gasteiger partial charge >= 0.3 is 0 Å². The smallest absolute Gasteiger partial charge is 0.266 e. The Hall–Kier alpha value is -3.22. The Balaban J connectivity index is 1.93. The van der Waals surface area contributed by atoms with E-state index in [1.54, 1.807) is 36.4 Å². The Morgan fingerprint density at radius 1 is 1.12 bits per heavy atom. The Bertz CT molecular complexity index is 932. The fourth-order valence-corrected chi connectivity index (χ4v) is 3.59. The predicted molar refractivity (Wildman–Crippen MR) is 88.7 cm³/mol. The predicted octanol–water partition coefficient (Wildman–Crippen LogP) is 2.02. The van der Waals surface area contributed by atoms with Gasteiger partial charge in [0, 0.05) is 25.8 Å². The summed E-state index contributed by atoms with van der Waals surface area (Å²) in [5.41, 5.74) is 0.225. The van der Waals surface area contributed by atoms with Crippen LogP contribution < -0.4 is 4.90 Å². The number of carbonyl (C=O) groups excluding carboxylic acids is 3. The molecule has 2 aromatic rings. The average Bonchev–Trinajstić information content (AvgIpc) is 3.27. The number of para-hydroxylation sites is 1. The van der Waals surface area contributed by atoms with Crippen molar-refractivity contribution >= 4 is 29.1 Å². The number of nitrogens with zero attached hydrogens (tertiary/aromatic N) is 3. The summed E-state index contributed by atoms with van der Waals surface area (Å²) in [6, 6.07) is 10.4. The second-order valence-corrected chi connectivity index (χ2v) is 6.07. The number of hydrazone groups is 1. The van der Waals surface area contributed by atoms with Gasteiger partial charge in [0.1, 0.15) is 11.5 Å². The fraction of sp³-hybridized carbons (Fsp3) is 0.222. The number of imide groups is 1. The minimum atomic E-state index is -1.35. The third kappa shape index (κ3) is 1.92. The zero-order valence-corrected chi connectivity index (χ0v) is 13.7. The monoisotopic (exact) mass is 337 g/mol. The molecule has 0 N–H and O–H groups in total. The van der Waals surface area contributed by atoms with Crippen LogP contribution in [0.5, 0.6) is 0 Å². The lowest BCUT2D eigenvalue weighted by molar-refractivity contribution is -0.144. The Kier molecular flexibility index (Phi) is 3.15. The Labute approximate surface area is 143 Å². The summed E-state index contributed by atoms with van der Waals surface area (Å²) in [7, 11) is 0. The van der Waals surface area contributed by atoms with Crippen molar-refractivity contribution in [3.8, 4) is 0 Å². The molecule has 3 amide bonds. The molecule has 1 spiro atoms. The molecule has 2 aliphatic rings. The lowest BCUT2D eigenvalue weighted by Crippen LogP contribution is -2.51. The summed E-state index contributed by atoms with van der Waals surface area (Å²) in [4.78, 5) is 38.8. The molecule has 0 aliphatic carbocycles. The molecule has 25 heavy (non-hydrogen) atoms. The number of hydrogen-bond acceptors (Lipinski definition) is 5. The number of benzene rings is 1. The molecule has 0 saturated carbocycles. The van der Waals surface area contributed by atoms with E-state index in [0.717, 1.165) is 4.90 Å². The van der Waals surface area contributed by atoms with Crippen molar-refractivity contribution < 1.29 is 18.8 Å². The first-order chi connectivity index (χ1) is 12.0. The van der Waals surface area contributed by atoms with E-state index in [0.29, 0.717) is 22.7 Å². The maximum atomic E-state index is 13.3. The molecule has 1 aromatic carbocycles. The molecular weight excluding hydrogens is 322 g/mol. The van der Waals surface area contributed by atoms with E-state index in [9.17, 15) is 14.4 Å². The van der Waals surface area contributed by atoms with Crippen LogP contribution in [0.3, 0.4) is 0 Å². The molecule has 7 nitrogen and oxygen atoms in total. The van der Waals surface area contributed by atoms with Crippen molar-refractivity contribution in [2.75, 3.05) is 4.90 Å². The number of anilines is 1. The van der Waals surface area contributed by atoms with E-state index in [1.165, 1.54) is 25.1 Å². The van der Waals surface area contributed by atoms with Crippen molar-refractivity contribution in [1.82, 2.24) is 5.01 Å². The first-order valence-electron chi connectivity index (χ1n) is 7.83. The summed E-state index contributed by atoms with van der Waals surface area (Å²) in [6.45, 7) is 2.68. The normalized spacial score (nSPS) is 21.7. The third-order valence-electron chi connectivity index (χ3n) is 4.57. The van der Waals surface area contributed by atoms with Gasteiger partial charge in [-0.3, -0.25) is 14.4 Å². The minimum Gasteiger partial charge on any atom is -0.463 e. The van der Waals surface area contributed by atoms with Crippen LogP contribution in [-0.4, -0.2) is 28.4 Å². The molecule has 0 unspecified atom stereocenters. The van der Waals surface area contributed by atoms with Crippen LogP contribution in [-0.2, 0) is 19.9 Å². The van der Waals surface area contributed by atoms with Gasteiger partial charge in [-0.2, -0.15) is 5.10 Å². The first-order valence-corrected chi connectivity index (χ1v) is 7.83. The highest BCUT2D eigenvalue weighted by atomic mass is 16.3. The lowest BCUT2D eigenvalue weighted by atomic mass is 9.86. The fourth-order valence-electron chi connectivity index (χ4n) is 3.59. The highest BCUT2D eigenvalue weighted by molar-refractivity contribution is 6.24. The minimum absolute atomic E-state index is 0.153. The second kappa shape index (κ2) is 5.14. The van der Waals surface area contributed by atoms with Crippen molar-refractivity contribution in [3.05, 3.63) is 54.0 Å². The molecule has 0 radical (unpaired) electrons. The van der Waals surface area contributed by atoms with E-state index < -0.39 is 17.4 Å². The van der Waals surface area contributed by atoms with Crippen molar-refractivity contribution in [3.63, 3.8) is 0 Å². The van der Waals surface area contributed by atoms with Crippen molar-refractivity contribution in [1.29, 1.82) is 0 Å². The summed E-state index contributed by atoms with van der Waals surface area (Å²) in [6.07, 6.45) is 1.66. The maximum absolute atomic E-state index is 13.3. The molecule has 3 heterocycles. The van der Waals surface area contributed by atoms with E-state index in [4.69, 9.17) is 4.42 Å². The number of furan rings is 1. The summed E-state index contributed by atoms with van der Waals surface area (Å²) in [5, 5.41) is 5.53. The summed E-state index contributed by atoms with van der Waals surface area (Å²) in [5.74, 6) is -0.754. The van der Waals surface area contributed by atoms with Crippen molar-refractivity contribution in [2.45, 2.75) is 25.8 Å². The van der Waals surface area contributed by atoms with Gasteiger partial charge in [-0.25, -0.2) is 9.91 Å². The molecule has 2 aliphatic heterocycles. The molecule has 0 bridgehead atoms. The molecule has 126 valence electrons. The standard InChI is InChI=1S/C18H15N3O4/c1-11(22)20-15-7-4-3-6-13(15)18(17(20)24)10-14(16-8-5-9-25-16)19-21(18)12(2)23/h3-9H,10H2,1-2H3/t18-/m1/s1. The van der Waals surface area contributed by atoms with Gasteiger partial charge < -0.3 is 4.42 Å². The van der Waals surface area contributed by atoms with Crippen LogP contribution in [0, 0.1) is 0 Å². The van der Waals surface area contributed by atoms with Crippen LogP contribution in [0.25, 0.3) is 0 Å². The lowest BCUT2D eigenvalue weighted by Gasteiger charge is -2.30.